The quantitative estimate of drug-likeness (QED) is 0.809. The van der Waals surface area contributed by atoms with E-state index in [9.17, 15) is 14.3 Å². The van der Waals surface area contributed by atoms with Gasteiger partial charge in [0.05, 0.1) is 16.6 Å². The van der Waals surface area contributed by atoms with Crippen LogP contribution in [0.4, 0.5) is 10.1 Å². The fraction of sp³-hybridized carbons (Fsp3) is 0.133. The first-order valence-electron chi connectivity index (χ1n) is 6.23. The lowest BCUT2D eigenvalue weighted by molar-refractivity contribution is 0.100. The normalized spacial score (nSPS) is 12.0. The van der Waals surface area contributed by atoms with E-state index in [0.29, 0.717) is 11.3 Å². The summed E-state index contributed by atoms with van der Waals surface area (Å²) < 4.78 is 13.0. The zero-order chi connectivity index (χ0) is 15.6. The largest absolute Gasteiger partial charge is 0.507 e. The van der Waals surface area contributed by atoms with Gasteiger partial charge in [0.2, 0.25) is 5.91 Å². The van der Waals surface area contributed by atoms with Crippen LogP contribution in [0.25, 0.3) is 0 Å². The zero-order valence-corrected chi connectivity index (χ0v) is 12.0. The summed E-state index contributed by atoms with van der Waals surface area (Å²) in [5.74, 6) is -1.27. The Morgan fingerprint density at radius 2 is 2.05 bits per heavy atom. The van der Waals surface area contributed by atoms with E-state index in [1.165, 1.54) is 18.2 Å². The van der Waals surface area contributed by atoms with E-state index >= 15 is 0 Å². The molecule has 4 N–H and O–H groups in total. The molecule has 0 heterocycles. The molecule has 0 spiro atoms. The molecule has 0 saturated heterocycles. The van der Waals surface area contributed by atoms with Crippen molar-refractivity contribution < 1.29 is 14.3 Å². The first kappa shape index (κ1) is 15.1. The summed E-state index contributed by atoms with van der Waals surface area (Å²) in [6.07, 6.45) is 0. The summed E-state index contributed by atoms with van der Waals surface area (Å²) in [6.45, 7) is 1.80. The lowest BCUT2D eigenvalue weighted by atomic mass is 10.1. The first-order valence-corrected chi connectivity index (χ1v) is 6.60. The highest BCUT2D eigenvalue weighted by atomic mass is 35.5. The second-order valence-electron chi connectivity index (χ2n) is 4.63. The number of phenols is 1. The molecule has 1 amide bonds. The van der Waals surface area contributed by atoms with Crippen molar-refractivity contribution in [2.75, 3.05) is 5.32 Å². The maximum absolute atomic E-state index is 13.0. The molecule has 2 aromatic rings. The zero-order valence-electron chi connectivity index (χ0n) is 11.2. The topological polar surface area (TPSA) is 75.3 Å². The molecular weight excluding hydrogens is 295 g/mol. The predicted octanol–water partition coefficient (Wildman–Crippen LogP) is 3.46. The number of aromatic hydroxyl groups is 1. The predicted molar refractivity (Wildman–Crippen MR) is 80.1 cm³/mol. The fourth-order valence-corrected chi connectivity index (χ4v) is 2.23. The fourth-order valence-electron chi connectivity index (χ4n) is 2.01. The Kier molecular flexibility index (Phi) is 4.33. The molecule has 0 saturated carbocycles. The molecule has 0 bridgehead atoms. The molecule has 110 valence electrons. The van der Waals surface area contributed by atoms with Crippen LogP contribution in [-0.4, -0.2) is 11.0 Å². The number of phenolic OH excluding ortho intramolecular Hbond substituents is 1. The summed E-state index contributed by atoms with van der Waals surface area (Å²) in [5.41, 5.74) is 6.59. The number of nitrogens with two attached hydrogens (primary N) is 1. The third kappa shape index (κ3) is 3.44. The van der Waals surface area contributed by atoms with Crippen LogP contribution in [0.3, 0.4) is 0 Å². The number of hydrogen-bond acceptors (Lipinski definition) is 3. The van der Waals surface area contributed by atoms with E-state index in [-0.39, 0.29) is 22.4 Å². The maximum Gasteiger partial charge on any atom is 0.250 e. The van der Waals surface area contributed by atoms with E-state index in [1.54, 1.807) is 19.1 Å². The highest BCUT2D eigenvalue weighted by molar-refractivity contribution is 6.33. The van der Waals surface area contributed by atoms with Crippen LogP contribution >= 0.6 is 11.6 Å². The number of carbonyl (C=O) groups is 1. The highest BCUT2D eigenvalue weighted by Crippen LogP contribution is 2.29. The van der Waals surface area contributed by atoms with Gasteiger partial charge in [-0.25, -0.2) is 4.39 Å². The minimum absolute atomic E-state index is 0.140. The molecule has 1 unspecified atom stereocenters. The molecule has 6 heteroatoms. The number of benzene rings is 2. The molecule has 0 aliphatic carbocycles. The molecule has 2 aromatic carbocycles. The van der Waals surface area contributed by atoms with Crippen LogP contribution in [0.2, 0.25) is 5.02 Å². The van der Waals surface area contributed by atoms with Crippen molar-refractivity contribution >= 4 is 23.2 Å². The third-order valence-corrected chi connectivity index (χ3v) is 3.40. The number of amides is 1. The first-order chi connectivity index (χ1) is 9.88. The van der Waals surface area contributed by atoms with Crippen LogP contribution in [0.1, 0.15) is 28.9 Å². The number of nitrogens with one attached hydrogen (secondary N) is 1. The van der Waals surface area contributed by atoms with Crippen LogP contribution in [0.15, 0.2) is 36.4 Å². The van der Waals surface area contributed by atoms with Gasteiger partial charge in [-0.1, -0.05) is 17.7 Å². The van der Waals surface area contributed by atoms with E-state index in [1.807, 2.05) is 0 Å². The average molecular weight is 309 g/mol. The van der Waals surface area contributed by atoms with Crippen molar-refractivity contribution in [1.82, 2.24) is 0 Å². The Morgan fingerprint density at radius 3 is 2.67 bits per heavy atom. The SMILES string of the molecule is CC(Nc1ccc(Cl)c(C(N)=O)c1)c1ccc(F)cc1O. The van der Waals surface area contributed by atoms with E-state index in [4.69, 9.17) is 17.3 Å². The maximum atomic E-state index is 13.0. The van der Waals surface area contributed by atoms with E-state index in [0.717, 1.165) is 6.07 Å². The standard InChI is InChI=1S/C15H14ClFN2O2/c1-8(11-4-2-9(17)6-14(11)20)19-10-3-5-13(16)12(7-10)15(18)21/h2-8,19-20H,1H3,(H2,18,21). The van der Waals surface area contributed by atoms with Gasteiger partial charge < -0.3 is 16.2 Å². The van der Waals surface area contributed by atoms with Crippen LogP contribution < -0.4 is 11.1 Å². The molecule has 4 nitrogen and oxygen atoms in total. The minimum Gasteiger partial charge on any atom is -0.507 e. The molecule has 0 fully saturated rings. The number of carbonyl (C=O) groups excluding carboxylic acids is 1. The molecule has 2 rings (SSSR count). The van der Waals surface area contributed by atoms with Crippen molar-refractivity contribution in [2.45, 2.75) is 13.0 Å². The summed E-state index contributed by atoms with van der Waals surface area (Å²) in [6, 6.07) is 8.28. The molecule has 21 heavy (non-hydrogen) atoms. The second-order valence-corrected chi connectivity index (χ2v) is 5.04. The van der Waals surface area contributed by atoms with Gasteiger partial charge in [0.25, 0.3) is 0 Å². The Morgan fingerprint density at radius 1 is 1.33 bits per heavy atom. The Hall–Kier alpha value is -2.27. The molecule has 0 aliphatic heterocycles. The number of anilines is 1. The van der Waals surface area contributed by atoms with E-state index in [2.05, 4.69) is 5.32 Å². The van der Waals surface area contributed by atoms with Gasteiger partial charge in [0, 0.05) is 17.3 Å². The van der Waals surface area contributed by atoms with Gasteiger partial charge in [-0.3, -0.25) is 4.79 Å². The molecule has 0 radical (unpaired) electrons. The van der Waals surface area contributed by atoms with Gasteiger partial charge in [0.15, 0.2) is 0 Å². The van der Waals surface area contributed by atoms with Crippen LogP contribution in [0, 0.1) is 5.82 Å². The third-order valence-electron chi connectivity index (χ3n) is 3.07. The van der Waals surface area contributed by atoms with Crippen molar-refractivity contribution in [3.05, 3.63) is 58.4 Å². The van der Waals surface area contributed by atoms with Crippen LogP contribution in [0.5, 0.6) is 5.75 Å². The Labute approximate surface area is 126 Å². The number of primary amides is 1. The second kappa shape index (κ2) is 6.01. The number of hydrogen-bond donors (Lipinski definition) is 3. The van der Waals surface area contributed by atoms with Crippen molar-refractivity contribution in [2.24, 2.45) is 5.73 Å². The molecule has 1 atom stereocenters. The lowest BCUT2D eigenvalue weighted by Crippen LogP contribution is -2.13. The van der Waals surface area contributed by atoms with Gasteiger partial charge >= 0.3 is 0 Å². The molecule has 0 aromatic heterocycles. The Balaban J connectivity index is 2.25. The smallest absolute Gasteiger partial charge is 0.250 e. The monoisotopic (exact) mass is 308 g/mol. The summed E-state index contributed by atoms with van der Waals surface area (Å²) in [4.78, 5) is 11.2. The van der Waals surface area contributed by atoms with Crippen molar-refractivity contribution in [3.63, 3.8) is 0 Å². The van der Waals surface area contributed by atoms with Crippen molar-refractivity contribution in [1.29, 1.82) is 0 Å². The van der Waals surface area contributed by atoms with E-state index < -0.39 is 11.7 Å². The lowest BCUT2D eigenvalue weighted by Gasteiger charge is -2.17. The number of rotatable bonds is 4. The van der Waals surface area contributed by atoms with Gasteiger partial charge in [-0.05, 0) is 31.2 Å². The average Bonchev–Trinajstić information content (AvgIpc) is 2.40. The van der Waals surface area contributed by atoms with Gasteiger partial charge in [-0.2, -0.15) is 0 Å². The van der Waals surface area contributed by atoms with Crippen LogP contribution in [-0.2, 0) is 0 Å². The highest BCUT2D eigenvalue weighted by Gasteiger charge is 2.13. The Bertz CT molecular complexity index is 691. The van der Waals surface area contributed by atoms with Gasteiger partial charge in [0.1, 0.15) is 11.6 Å². The molecular formula is C15H14ClFN2O2. The summed E-state index contributed by atoms with van der Waals surface area (Å²) in [7, 11) is 0. The van der Waals surface area contributed by atoms with Crippen molar-refractivity contribution in [3.8, 4) is 5.75 Å². The van der Waals surface area contributed by atoms with Gasteiger partial charge in [-0.15, -0.1) is 0 Å². The summed E-state index contributed by atoms with van der Waals surface area (Å²) >= 11 is 5.88. The summed E-state index contributed by atoms with van der Waals surface area (Å²) in [5, 5.41) is 13.1. The molecule has 0 aliphatic rings. The number of halogens is 2. The minimum atomic E-state index is -0.624.